The molecular weight excluding hydrogens is 553 g/mol. The molecule has 0 N–H and O–H groups in total. The summed E-state index contributed by atoms with van der Waals surface area (Å²) in [6, 6.07) is 10.8. The topological polar surface area (TPSA) is 99.7 Å². The second-order valence-corrected chi connectivity index (χ2v) is 9.39. The Morgan fingerprint density at radius 3 is 2.28 bits per heavy atom. The van der Waals surface area contributed by atoms with E-state index in [2.05, 4.69) is 31.9 Å². The molecule has 32 heavy (non-hydrogen) atoms. The van der Waals surface area contributed by atoms with Crippen molar-refractivity contribution in [1.82, 2.24) is 0 Å². The van der Waals surface area contributed by atoms with E-state index in [1.54, 1.807) is 51.1 Å². The number of hydrogen-bond acceptors (Lipinski definition) is 6. The Balaban J connectivity index is 2.52. The largest absolute Gasteiger partial charge is 0.454 e. The van der Waals surface area contributed by atoms with Crippen molar-refractivity contribution in [1.29, 1.82) is 0 Å². The highest BCUT2D eigenvalue weighted by Crippen LogP contribution is 2.46. The van der Waals surface area contributed by atoms with Gasteiger partial charge in [0.05, 0.1) is 15.0 Å². The number of halogens is 3. The molecule has 0 saturated heterocycles. The van der Waals surface area contributed by atoms with Gasteiger partial charge in [-0.25, -0.2) is 9.59 Å². The maximum atomic E-state index is 14.9. The van der Waals surface area contributed by atoms with Crippen LogP contribution in [0, 0.1) is 15.9 Å². The van der Waals surface area contributed by atoms with Crippen molar-refractivity contribution >= 4 is 43.5 Å². The third kappa shape index (κ3) is 4.81. The summed E-state index contributed by atoms with van der Waals surface area (Å²) in [6.07, 6.45) is 0. The molecule has 0 aliphatic carbocycles. The van der Waals surface area contributed by atoms with Crippen LogP contribution in [0.4, 0.5) is 10.1 Å². The highest BCUT2D eigenvalue weighted by molar-refractivity contribution is 9.11. The van der Waals surface area contributed by atoms with Crippen LogP contribution in [0.3, 0.4) is 0 Å². The SMILES string of the molecule is CC(C)(C)OC(=O)c1oc(=O)cc(-c2ccccc2)c1-c1c(Br)cc(Br)c(F)c1[N+](=O)[O-]. The molecule has 0 bridgehead atoms. The van der Waals surface area contributed by atoms with Gasteiger partial charge in [-0.2, -0.15) is 4.39 Å². The fourth-order valence-corrected chi connectivity index (χ4v) is 4.39. The summed E-state index contributed by atoms with van der Waals surface area (Å²) in [6.45, 7) is 4.84. The zero-order valence-corrected chi connectivity index (χ0v) is 20.2. The molecule has 10 heteroatoms. The Labute approximate surface area is 198 Å². The zero-order chi connectivity index (χ0) is 23.8. The first-order valence-electron chi connectivity index (χ1n) is 9.20. The number of rotatable bonds is 4. The minimum atomic E-state index is -1.14. The summed E-state index contributed by atoms with van der Waals surface area (Å²) in [7, 11) is 0. The van der Waals surface area contributed by atoms with Gasteiger partial charge in [-0.05, 0) is 64.3 Å². The van der Waals surface area contributed by atoms with Crippen molar-refractivity contribution in [2.75, 3.05) is 0 Å². The summed E-state index contributed by atoms with van der Waals surface area (Å²) >= 11 is 6.19. The number of carbonyl (C=O) groups is 1. The van der Waals surface area contributed by atoms with Gasteiger partial charge < -0.3 is 9.15 Å². The van der Waals surface area contributed by atoms with Crippen LogP contribution in [0.25, 0.3) is 22.3 Å². The second kappa shape index (κ2) is 8.95. The van der Waals surface area contributed by atoms with E-state index >= 15 is 0 Å². The van der Waals surface area contributed by atoms with Crippen LogP contribution < -0.4 is 5.63 Å². The predicted octanol–water partition coefficient (Wildman–Crippen LogP) is 6.50. The van der Waals surface area contributed by atoms with Gasteiger partial charge in [0.15, 0.2) is 0 Å². The third-order valence-corrected chi connectivity index (χ3v) is 5.41. The predicted molar refractivity (Wildman–Crippen MR) is 123 cm³/mol. The second-order valence-electron chi connectivity index (χ2n) is 7.69. The van der Waals surface area contributed by atoms with Crippen LogP contribution in [0.2, 0.25) is 0 Å². The Bertz CT molecular complexity index is 1280. The van der Waals surface area contributed by atoms with Crippen molar-refractivity contribution < 1.29 is 23.3 Å². The lowest BCUT2D eigenvalue weighted by Crippen LogP contribution is -2.25. The van der Waals surface area contributed by atoms with E-state index in [1.807, 2.05) is 0 Å². The smallest absolute Gasteiger partial charge is 0.375 e. The van der Waals surface area contributed by atoms with E-state index in [9.17, 15) is 24.1 Å². The molecule has 2 aromatic carbocycles. The number of nitrogens with zero attached hydrogens (tertiary/aromatic N) is 1. The van der Waals surface area contributed by atoms with Crippen molar-refractivity contribution in [3.8, 4) is 22.3 Å². The fourth-order valence-electron chi connectivity index (χ4n) is 3.05. The average molecular weight is 569 g/mol. The van der Waals surface area contributed by atoms with E-state index in [1.165, 1.54) is 6.07 Å². The first kappa shape index (κ1) is 23.8. The van der Waals surface area contributed by atoms with Crippen molar-refractivity contribution in [3.05, 3.63) is 83.5 Å². The number of nitro benzene ring substituents is 1. The maximum Gasteiger partial charge on any atom is 0.375 e. The van der Waals surface area contributed by atoms with E-state index in [4.69, 9.17) is 9.15 Å². The number of ether oxygens (including phenoxy) is 1. The first-order valence-corrected chi connectivity index (χ1v) is 10.8. The molecule has 0 fully saturated rings. The molecule has 3 aromatic rings. The first-order chi connectivity index (χ1) is 14.9. The molecule has 0 radical (unpaired) electrons. The van der Waals surface area contributed by atoms with E-state index in [0.717, 1.165) is 6.07 Å². The zero-order valence-electron chi connectivity index (χ0n) is 17.1. The quantitative estimate of drug-likeness (QED) is 0.154. The third-order valence-electron chi connectivity index (χ3n) is 4.21. The van der Waals surface area contributed by atoms with E-state index in [0.29, 0.717) is 5.56 Å². The molecule has 0 spiro atoms. The molecule has 0 unspecified atom stereocenters. The molecule has 166 valence electrons. The molecule has 0 saturated carbocycles. The Morgan fingerprint density at radius 2 is 1.72 bits per heavy atom. The fraction of sp³-hybridized carbons (Fsp3) is 0.182. The van der Waals surface area contributed by atoms with Gasteiger partial charge in [0.25, 0.3) is 0 Å². The highest BCUT2D eigenvalue weighted by Gasteiger charge is 2.34. The lowest BCUT2D eigenvalue weighted by molar-refractivity contribution is -0.386. The van der Waals surface area contributed by atoms with Crippen LogP contribution in [-0.2, 0) is 4.74 Å². The Hall–Kier alpha value is -2.85. The summed E-state index contributed by atoms with van der Waals surface area (Å²) in [5.41, 5.74) is -2.52. The summed E-state index contributed by atoms with van der Waals surface area (Å²) in [4.78, 5) is 36.3. The monoisotopic (exact) mass is 567 g/mol. The Morgan fingerprint density at radius 1 is 1.09 bits per heavy atom. The molecule has 0 aliphatic rings. The summed E-state index contributed by atoms with van der Waals surface area (Å²) in [5.74, 6) is -2.74. The van der Waals surface area contributed by atoms with Crippen LogP contribution >= 0.6 is 31.9 Å². The Kier molecular flexibility index (Phi) is 6.66. The number of esters is 1. The van der Waals surface area contributed by atoms with Crippen LogP contribution in [0.1, 0.15) is 31.3 Å². The molecular formula is C22H16Br2FNO6. The van der Waals surface area contributed by atoms with Gasteiger partial charge >= 0.3 is 17.3 Å². The van der Waals surface area contributed by atoms with Crippen molar-refractivity contribution in [3.63, 3.8) is 0 Å². The van der Waals surface area contributed by atoms with E-state index in [-0.39, 0.29) is 25.6 Å². The van der Waals surface area contributed by atoms with Gasteiger partial charge in [0, 0.05) is 21.7 Å². The summed E-state index contributed by atoms with van der Waals surface area (Å²) in [5, 5.41) is 11.9. The molecule has 0 aliphatic heterocycles. The minimum absolute atomic E-state index is 0.105. The van der Waals surface area contributed by atoms with Gasteiger partial charge in [-0.1, -0.05) is 30.3 Å². The molecule has 3 rings (SSSR count). The average Bonchev–Trinajstić information content (AvgIpc) is 2.69. The van der Waals surface area contributed by atoms with Crippen molar-refractivity contribution in [2.45, 2.75) is 26.4 Å². The molecule has 1 heterocycles. The van der Waals surface area contributed by atoms with Gasteiger partial charge in [-0.3, -0.25) is 10.1 Å². The molecule has 0 amide bonds. The van der Waals surface area contributed by atoms with Gasteiger partial charge in [0.2, 0.25) is 11.6 Å². The highest BCUT2D eigenvalue weighted by atomic mass is 79.9. The lowest BCUT2D eigenvalue weighted by atomic mass is 9.93. The minimum Gasteiger partial charge on any atom is -0.454 e. The number of nitro groups is 1. The lowest BCUT2D eigenvalue weighted by Gasteiger charge is -2.21. The van der Waals surface area contributed by atoms with Crippen molar-refractivity contribution in [2.24, 2.45) is 0 Å². The number of carbonyl (C=O) groups excluding carboxylic acids is 1. The normalized spacial score (nSPS) is 11.3. The summed E-state index contributed by atoms with van der Waals surface area (Å²) < 4.78 is 25.4. The number of hydrogen-bond donors (Lipinski definition) is 0. The van der Waals surface area contributed by atoms with E-state index < -0.39 is 39.4 Å². The standard InChI is InChI=1S/C22H16Br2FNO6/c1-22(2,3)32-21(28)20-16(12(9-15(27)31-20)11-7-5-4-6-8-11)17-13(23)10-14(24)18(25)19(17)26(29)30/h4-10H,1-3H3. The van der Waals surface area contributed by atoms with Crippen LogP contribution in [0.15, 0.2) is 60.6 Å². The van der Waals surface area contributed by atoms with Gasteiger partial charge in [0.1, 0.15) is 5.60 Å². The van der Waals surface area contributed by atoms with Crippen LogP contribution in [0.5, 0.6) is 0 Å². The number of benzene rings is 2. The van der Waals surface area contributed by atoms with Gasteiger partial charge in [-0.15, -0.1) is 0 Å². The molecule has 7 nitrogen and oxygen atoms in total. The maximum absolute atomic E-state index is 14.9. The molecule has 1 aromatic heterocycles. The van der Waals surface area contributed by atoms with Crippen LogP contribution in [-0.4, -0.2) is 16.5 Å². The molecule has 0 atom stereocenters.